The topological polar surface area (TPSA) is 81.2 Å². The van der Waals surface area contributed by atoms with Gasteiger partial charge in [0.2, 0.25) is 17.7 Å². The van der Waals surface area contributed by atoms with Gasteiger partial charge in [0.1, 0.15) is 6.04 Å². The molecule has 3 amide bonds. The summed E-state index contributed by atoms with van der Waals surface area (Å²) in [5.74, 6) is -1.63. The molecule has 0 radical (unpaired) electrons. The lowest BCUT2D eigenvalue weighted by molar-refractivity contribution is -0.150. The zero-order valence-electron chi connectivity index (χ0n) is 28.7. The minimum atomic E-state index is -0.798. The Hall–Kier alpha value is -2.58. The second-order valence-corrected chi connectivity index (χ2v) is 16.8. The van der Waals surface area contributed by atoms with Crippen molar-refractivity contribution in [2.24, 2.45) is 29.1 Å². The van der Waals surface area contributed by atoms with E-state index in [9.17, 15) is 14.7 Å². The summed E-state index contributed by atoms with van der Waals surface area (Å²) in [5.41, 5.74) is 0.198. The Kier molecular flexibility index (Phi) is 10.4. The first kappa shape index (κ1) is 35.3. The van der Waals surface area contributed by atoms with Crippen LogP contribution in [0.3, 0.4) is 0 Å². The molecule has 248 valence electrons. The van der Waals surface area contributed by atoms with E-state index in [4.69, 9.17) is 0 Å². The molecule has 1 aromatic rings. The number of para-hydroxylation sites is 1. The molecule has 3 fully saturated rings. The standard InChI is InChI=1S/C37H55N3O4S/c1-11-19-38(26-17-15-14-16-18-26)32(42)29-28-21-25(5)37(45-28)30(29)33(43)40(27(22-41)24(4)13-3)31(37)34(44)39(20-12-2)36(9,10)23-35(6,7)8/h11-12,14-18,24-25,27-31,41H,1-2,13,19-23H2,3-10H3/t24-,25?,27-,28-,29+,30-,31?,37?/m0/s1. The number of likely N-dealkylation sites (tertiary alicyclic amines) is 1. The van der Waals surface area contributed by atoms with Gasteiger partial charge in [-0.15, -0.1) is 24.9 Å². The van der Waals surface area contributed by atoms with Crippen LogP contribution in [0.2, 0.25) is 0 Å². The number of carbonyl (C=O) groups excluding carboxylic acids is 3. The number of hydrogen-bond donors (Lipinski definition) is 1. The lowest BCUT2D eigenvalue weighted by Crippen LogP contribution is -2.63. The summed E-state index contributed by atoms with van der Waals surface area (Å²) in [6.45, 7) is 25.3. The highest BCUT2D eigenvalue weighted by molar-refractivity contribution is 8.02. The van der Waals surface area contributed by atoms with E-state index >= 15 is 4.79 Å². The van der Waals surface area contributed by atoms with Crippen LogP contribution in [0, 0.1) is 29.1 Å². The molecule has 45 heavy (non-hydrogen) atoms. The number of aliphatic hydroxyl groups excluding tert-OH is 1. The van der Waals surface area contributed by atoms with Crippen molar-refractivity contribution >= 4 is 35.2 Å². The van der Waals surface area contributed by atoms with E-state index in [0.717, 1.165) is 24.9 Å². The predicted molar refractivity (Wildman–Crippen MR) is 185 cm³/mol. The molecular weight excluding hydrogens is 582 g/mol. The Morgan fingerprint density at radius 3 is 2.27 bits per heavy atom. The van der Waals surface area contributed by atoms with E-state index in [-0.39, 0.29) is 46.8 Å². The number of amides is 3. The van der Waals surface area contributed by atoms with Gasteiger partial charge in [-0.3, -0.25) is 14.4 Å². The van der Waals surface area contributed by atoms with E-state index < -0.39 is 34.2 Å². The van der Waals surface area contributed by atoms with Crippen molar-refractivity contribution in [3.05, 3.63) is 55.6 Å². The summed E-state index contributed by atoms with van der Waals surface area (Å²) in [6, 6.07) is 8.20. The Labute approximate surface area is 275 Å². The molecule has 3 aliphatic heterocycles. The number of anilines is 1. The first-order valence-corrected chi connectivity index (χ1v) is 17.5. The van der Waals surface area contributed by atoms with Crippen molar-refractivity contribution in [1.29, 1.82) is 0 Å². The molecule has 0 aliphatic carbocycles. The van der Waals surface area contributed by atoms with Crippen molar-refractivity contribution in [3.8, 4) is 0 Å². The Bertz CT molecular complexity index is 1280. The van der Waals surface area contributed by atoms with Crippen molar-refractivity contribution < 1.29 is 19.5 Å². The average molecular weight is 638 g/mol. The van der Waals surface area contributed by atoms with Gasteiger partial charge in [0, 0.05) is 29.6 Å². The molecule has 1 aromatic carbocycles. The summed E-state index contributed by atoms with van der Waals surface area (Å²) in [5, 5.41) is 10.7. The summed E-state index contributed by atoms with van der Waals surface area (Å²) in [7, 11) is 0. The maximum Gasteiger partial charge on any atom is 0.247 e. The summed E-state index contributed by atoms with van der Waals surface area (Å²) in [4.78, 5) is 50.2. The van der Waals surface area contributed by atoms with Crippen molar-refractivity contribution in [2.45, 2.75) is 102 Å². The van der Waals surface area contributed by atoms with Gasteiger partial charge in [-0.2, -0.15) is 0 Å². The molecule has 3 aliphatic rings. The number of hydrogen-bond acceptors (Lipinski definition) is 5. The quantitative estimate of drug-likeness (QED) is 0.262. The van der Waals surface area contributed by atoms with Crippen LogP contribution in [0.4, 0.5) is 5.69 Å². The first-order valence-electron chi connectivity index (χ1n) is 16.6. The Morgan fingerprint density at radius 1 is 1.11 bits per heavy atom. The predicted octanol–water partition coefficient (Wildman–Crippen LogP) is 6.18. The normalized spacial score (nSPS) is 28.9. The highest BCUT2D eigenvalue weighted by Crippen LogP contribution is 2.69. The van der Waals surface area contributed by atoms with Crippen LogP contribution in [-0.4, -0.2) is 79.9 Å². The minimum absolute atomic E-state index is 0.0293. The molecule has 0 aromatic heterocycles. The van der Waals surface area contributed by atoms with Crippen LogP contribution in [0.15, 0.2) is 55.6 Å². The highest BCUT2D eigenvalue weighted by Gasteiger charge is 2.77. The number of fused-ring (bicyclic) bond motifs is 1. The Morgan fingerprint density at radius 2 is 1.73 bits per heavy atom. The van der Waals surface area contributed by atoms with Crippen LogP contribution in [-0.2, 0) is 14.4 Å². The van der Waals surface area contributed by atoms with E-state index in [2.05, 4.69) is 54.7 Å². The molecule has 0 saturated carbocycles. The maximum absolute atomic E-state index is 15.2. The second-order valence-electron chi connectivity index (χ2n) is 15.3. The van der Waals surface area contributed by atoms with Gasteiger partial charge >= 0.3 is 0 Å². The van der Waals surface area contributed by atoms with Crippen LogP contribution >= 0.6 is 11.8 Å². The largest absolute Gasteiger partial charge is 0.394 e. The monoisotopic (exact) mass is 637 g/mol. The van der Waals surface area contributed by atoms with Gasteiger partial charge < -0.3 is 19.8 Å². The van der Waals surface area contributed by atoms with Crippen LogP contribution in [0.1, 0.15) is 74.7 Å². The molecular formula is C37H55N3O4S. The molecule has 3 heterocycles. The lowest BCUT2D eigenvalue weighted by Gasteiger charge is -2.48. The Balaban J connectivity index is 1.88. The minimum Gasteiger partial charge on any atom is -0.394 e. The van der Waals surface area contributed by atoms with Gasteiger partial charge in [-0.05, 0) is 56.1 Å². The third kappa shape index (κ3) is 6.14. The SMILES string of the molecule is C=CCN(C(=O)[C@@H]1[C@@H]2CC(C)C3(S2)C(C(=O)N(CC=C)C(C)(C)CC(C)(C)C)N([C@@H](CO)[C@@H](C)CC)C(=O)[C@H]13)c1ccccc1. The fraction of sp³-hybridized carbons (Fsp3) is 0.649. The van der Waals surface area contributed by atoms with Crippen molar-refractivity contribution in [2.75, 3.05) is 24.6 Å². The smallest absolute Gasteiger partial charge is 0.247 e. The third-order valence-corrected chi connectivity index (χ3v) is 12.5. The molecule has 8 atom stereocenters. The number of carbonyl (C=O) groups is 3. The second kappa shape index (κ2) is 13.3. The van der Waals surface area contributed by atoms with Gasteiger partial charge in [0.05, 0.1) is 29.2 Å². The number of benzene rings is 1. The molecule has 7 nitrogen and oxygen atoms in total. The molecule has 3 saturated heterocycles. The zero-order valence-corrected chi connectivity index (χ0v) is 29.5. The maximum atomic E-state index is 15.2. The lowest BCUT2D eigenvalue weighted by atomic mass is 9.65. The molecule has 2 bridgehead atoms. The van der Waals surface area contributed by atoms with Gasteiger partial charge in [0.15, 0.2) is 0 Å². The van der Waals surface area contributed by atoms with E-state index in [0.29, 0.717) is 13.1 Å². The first-order chi connectivity index (χ1) is 21.1. The average Bonchev–Trinajstić information content (AvgIpc) is 3.57. The highest BCUT2D eigenvalue weighted by atomic mass is 32.2. The fourth-order valence-electron chi connectivity index (χ4n) is 8.74. The van der Waals surface area contributed by atoms with Crippen molar-refractivity contribution in [3.63, 3.8) is 0 Å². The summed E-state index contributed by atoms with van der Waals surface area (Å²) < 4.78 is -0.784. The van der Waals surface area contributed by atoms with E-state index in [1.807, 2.05) is 49.1 Å². The van der Waals surface area contributed by atoms with Gasteiger partial charge in [-0.1, -0.05) is 78.3 Å². The van der Waals surface area contributed by atoms with Crippen LogP contribution < -0.4 is 4.90 Å². The summed E-state index contributed by atoms with van der Waals surface area (Å²) in [6.07, 6.45) is 5.73. The number of nitrogens with zero attached hydrogens (tertiary/aromatic N) is 3. The molecule has 8 heteroatoms. The van der Waals surface area contributed by atoms with Crippen LogP contribution in [0.25, 0.3) is 0 Å². The van der Waals surface area contributed by atoms with E-state index in [1.54, 1.807) is 33.7 Å². The molecule has 3 unspecified atom stereocenters. The molecule has 4 rings (SSSR count). The van der Waals surface area contributed by atoms with E-state index in [1.165, 1.54) is 0 Å². The fourth-order valence-corrected chi connectivity index (χ4v) is 11.1. The number of aliphatic hydroxyl groups is 1. The molecule has 1 N–H and O–H groups in total. The van der Waals surface area contributed by atoms with Gasteiger partial charge in [-0.25, -0.2) is 0 Å². The van der Waals surface area contributed by atoms with Crippen LogP contribution in [0.5, 0.6) is 0 Å². The van der Waals surface area contributed by atoms with Gasteiger partial charge in [0.25, 0.3) is 0 Å². The molecule has 1 spiro atoms. The third-order valence-electron chi connectivity index (χ3n) is 10.5. The number of thioether (sulfide) groups is 1. The number of rotatable bonds is 13. The summed E-state index contributed by atoms with van der Waals surface area (Å²) >= 11 is 1.68. The zero-order chi connectivity index (χ0) is 33.5. The van der Waals surface area contributed by atoms with Crippen molar-refractivity contribution in [1.82, 2.24) is 9.80 Å².